The summed E-state index contributed by atoms with van der Waals surface area (Å²) in [5.41, 5.74) is 2.49. The molecule has 0 unspecified atom stereocenters. The van der Waals surface area contributed by atoms with Gasteiger partial charge in [-0.3, -0.25) is 9.79 Å². The Hall–Kier alpha value is -2.04. The smallest absolute Gasteiger partial charge is 0.239 e. The van der Waals surface area contributed by atoms with E-state index in [0.29, 0.717) is 0 Å². The number of anilines is 1. The first-order valence-electron chi connectivity index (χ1n) is 6.03. The number of rotatable bonds is 2. The van der Waals surface area contributed by atoms with E-state index in [9.17, 15) is 4.79 Å². The molecule has 1 aliphatic heterocycles. The van der Waals surface area contributed by atoms with Crippen molar-refractivity contribution in [3.63, 3.8) is 0 Å². The maximum Gasteiger partial charge on any atom is 0.239 e. The fraction of sp³-hybridized carbons (Fsp3) is 0.385. The van der Waals surface area contributed by atoms with Crippen molar-refractivity contribution < 1.29 is 4.79 Å². The van der Waals surface area contributed by atoms with Crippen molar-refractivity contribution >= 4 is 17.6 Å². The van der Waals surface area contributed by atoms with E-state index < -0.39 is 0 Å². The molecular formula is C13H18N4O. The third kappa shape index (κ3) is 2.45. The van der Waals surface area contributed by atoms with Crippen molar-refractivity contribution in [2.75, 3.05) is 32.1 Å². The molecule has 1 aromatic carbocycles. The van der Waals surface area contributed by atoms with Crippen LogP contribution in [0.5, 0.6) is 0 Å². The topological polar surface area (TPSA) is 56.7 Å². The second kappa shape index (κ2) is 5.53. The van der Waals surface area contributed by atoms with Gasteiger partial charge in [0.2, 0.25) is 5.91 Å². The fourth-order valence-corrected chi connectivity index (χ4v) is 2.10. The van der Waals surface area contributed by atoms with Gasteiger partial charge in [0.1, 0.15) is 0 Å². The van der Waals surface area contributed by atoms with Crippen LogP contribution in [0.25, 0.3) is 0 Å². The quantitative estimate of drug-likeness (QED) is 0.585. The normalized spacial score (nSPS) is 14.3. The molecule has 1 heterocycles. The summed E-state index contributed by atoms with van der Waals surface area (Å²) < 4.78 is 0. The summed E-state index contributed by atoms with van der Waals surface area (Å²) in [6.45, 7) is 1.13. The fourth-order valence-electron chi connectivity index (χ4n) is 2.10. The van der Waals surface area contributed by atoms with Gasteiger partial charge in [0.25, 0.3) is 0 Å². The van der Waals surface area contributed by atoms with Gasteiger partial charge in [-0.25, -0.2) is 0 Å². The molecule has 0 atom stereocenters. The molecule has 1 amide bonds. The lowest BCUT2D eigenvalue weighted by Crippen LogP contribution is -2.44. The lowest BCUT2D eigenvalue weighted by Gasteiger charge is -2.21. The van der Waals surface area contributed by atoms with Gasteiger partial charge < -0.3 is 15.5 Å². The first-order valence-corrected chi connectivity index (χ1v) is 6.03. The third-order valence-electron chi connectivity index (χ3n) is 3.04. The molecule has 0 fully saturated rings. The zero-order chi connectivity index (χ0) is 13.0. The standard InChI is InChI=1S/C13H18N4O/c1-14-12(18)9-16-13(15-2)17-8-7-10-5-3-4-6-11(10)17/h3-6H,7-9H2,1-2H3,(H,14,18)(H,15,16). The van der Waals surface area contributed by atoms with Crippen molar-refractivity contribution in [3.05, 3.63) is 29.8 Å². The van der Waals surface area contributed by atoms with Crippen LogP contribution in [-0.2, 0) is 11.2 Å². The van der Waals surface area contributed by atoms with Crippen LogP contribution in [0.3, 0.4) is 0 Å². The average Bonchev–Trinajstić information content (AvgIpc) is 2.83. The highest BCUT2D eigenvalue weighted by atomic mass is 16.1. The van der Waals surface area contributed by atoms with Crippen molar-refractivity contribution in [1.29, 1.82) is 0 Å². The van der Waals surface area contributed by atoms with E-state index in [2.05, 4.69) is 32.7 Å². The molecule has 0 saturated carbocycles. The van der Waals surface area contributed by atoms with Crippen LogP contribution in [0.15, 0.2) is 29.3 Å². The minimum atomic E-state index is -0.0522. The van der Waals surface area contributed by atoms with E-state index in [0.717, 1.165) is 18.9 Å². The number of para-hydroxylation sites is 1. The van der Waals surface area contributed by atoms with Crippen LogP contribution in [0.4, 0.5) is 5.69 Å². The zero-order valence-corrected chi connectivity index (χ0v) is 10.7. The van der Waals surface area contributed by atoms with Crippen LogP contribution in [-0.4, -0.2) is 39.1 Å². The van der Waals surface area contributed by atoms with Crippen LogP contribution in [0, 0.1) is 0 Å². The molecule has 96 valence electrons. The zero-order valence-electron chi connectivity index (χ0n) is 10.7. The summed E-state index contributed by atoms with van der Waals surface area (Å²) >= 11 is 0. The van der Waals surface area contributed by atoms with Crippen LogP contribution in [0.2, 0.25) is 0 Å². The Bertz CT molecular complexity index is 470. The predicted molar refractivity (Wildman–Crippen MR) is 72.9 cm³/mol. The second-order valence-electron chi connectivity index (χ2n) is 4.10. The maximum absolute atomic E-state index is 11.2. The van der Waals surface area contributed by atoms with Gasteiger partial charge in [-0.2, -0.15) is 0 Å². The first kappa shape index (κ1) is 12.4. The second-order valence-corrected chi connectivity index (χ2v) is 4.10. The summed E-state index contributed by atoms with van der Waals surface area (Å²) in [6.07, 6.45) is 1.01. The molecular weight excluding hydrogens is 228 g/mol. The Morgan fingerprint density at radius 2 is 2.22 bits per heavy atom. The van der Waals surface area contributed by atoms with Crippen LogP contribution in [0.1, 0.15) is 5.56 Å². The molecule has 2 N–H and O–H groups in total. The number of benzene rings is 1. The number of nitrogens with one attached hydrogen (secondary N) is 2. The number of amides is 1. The summed E-state index contributed by atoms with van der Waals surface area (Å²) in [5, 5.41) is 5.65. The maximum atomic E-state index is 11.2. The Morgan fingerprint density at radius 1 is 1.44 bits per heavy atom. The lowest BCUT2D eigenvalue weighted by atomic mass is 10.2. The average molecular weight is 246 g/mol. The van der Waals surface area contributed by atoms with E-state index in [1.54, 1.807) is 14.1 Å². The summed E-state index contributed by atoms with van der Waals surface area (Å²) in [4.78, 5) is 17.6. The molecule has 0 spiro atoms. The largest absolute Gasteiger partial charge is 0.358 e. The first-order chi connectivity index (χ1) is 8.76. The lowest BCUT2D eigenvalue weighted by molar-refractivity contribution is -0.119. The Balaban J connectivity index is 2.09. The third-order valence-corrected chi connectivity index (χ3v) is 3.04. The highest BCUT2D eigenvalue weighted by Crippen LogP contribution is 2.27. The van der Waals surface area contributed by atoms with Gasteiger partial charge in [-0.15, -0.1) is 0 Å². The van der Waals surface area contributed by atoms with Crippen LogP contribution < -0.4 is 15.5 Å². The molecule has 5 heteroatoms. The van der Waals surface area contributed by atoms with Crippen molar-refractivity contribution in [3.8, 4) is 0 Å². The molecule has 5 nitrogen and oxygen atoms in total. The van der Waals surface area contributed by atoms with Gasteiger partial charge >= 0.3 is 0 Å². The monoisotopic (exact) mass is 246 g/mol. The van der Waals surface area contributed by atoms with Gasteiger partial charge in [0.05, 0.1) is 6.54 Å². The van der Waals surface area contributed by atoms with Crippen molar-refractivity contribution in [2.45, 2.75) is 6.42 Å². The summed E-state index contributed by atoms with van der Waals surface area (Å²) in [5.74, 6) is 0.687. The molecule has 0 radical (unpaired) electrons. The van der Waals surface area contributed by atoms with Crippen molar-refractivity contribution in [2.24, 2.45) is 4.99 Å². The molecule has 0 aliphatic carbocycles. The van der Waals surface area contributed by atoms with E-state index in [4.69, 9.17) is 0 Å². The van der Waals surface area contributed by atoms with Gasteiger partial charge in [-0.1, -0.05) is 18.2 Å². The number of fused-ring (bicyclic) bond motifs is 1. The van der Waals surface area contributed by atoms with Crippen LogP contribution >= 0.6 is 0 Å². The number of carbonyl (C=O) groups excluding carboxylic acids is 1. The number of guanidine groups is 1. The van der Waals surface area contributed by atoms with E-state index in [-0.39, 0.29) is 12.5 Å². The SMILES string of the molecule is CN=C(NCC(=O)NC)N1CCc2ccccc21. The molecule has 0 aromatic heterocycles. The number of nitrogens with zero attached hydrogens (tertiary/aromatic N) is 2. The summed E-state index contributed by atoms with van der Waals surface area (Å²) in [7, 11) is 3.35. The number of aliphatic imine (C=N–C) groups is 1. The molecule has 2 rings (SSSR count). The summed E-state index contributed by atoms with van der Waals surface area (Å²) in [6, 6.07) is 8.27. The number of hydrogen-bond acceptors (Lipinski definition) is 2. The Labute approximate surface area is 107 Å². The highest BCUT2D eigenvalue weighted by Gasteiger charge is 2.22. The predicted octanol–water partition coefficient (Wildman–Crippen LogP) is 0.371. The minimum Gasteiger partial charge on any atom is -0.358 e. The minimum absolute atomic E-state index is 0.0522. The molecule has 0 saturated heterocycles. The number of hydrogen-bond donors (Lipinski definition) is 2. The Kier molecular flexibility index (Phi) is 3.82. The van der Waals surface area contributed by atoms with E-state index in [1.807, 2.05) is 12.1 Å². The highest BCUT2D eigenvalue weighted by molar-refractivity contribution is 5.99. The van der Waals surface area contributed by atoms with Gasteiger partial charge in [-0.05, 0) is 18.1 Å². The molecule has 1 aliphatic rings. The number of likely N-dealkylation sites (N-methyl/N-ethyl adjacent to an activating group) is 1. The molecule has 1 aromatic rings. The number of carbonyl (C=O) groups is 1. The van der Waals surface area contributed by atoms with Gasteiger partial charge in [0, 0.05) is 26.3 Å². The van der Waals surface area contributed by atoms with Gasteiger partial charge in [0.15, 0.2) is 5.96 Å². The van der Waals surface area contributed by atoms with Crippen molar-refractivity contribution in [1.82, 2.24) is 10.6 Å². The molecule has 0 bridgehead atoms. The van der Waals surface area contributed by atoms with E-state index in [1.165, 1.54) is 11.3 Å². The Morgan fingerprint density at radius 3 is 2.94 bits per heavy atom. The molecule has 18 heavy (non-hydrogen) atoms. The van der Waals surface area contributed by atoms with E-state index >= 15 is 0 Å².